The van der Waals surface area contributed by atoms with Crippen LogP contribution in [0.1, 0.15) is 111 Å². The van der Waals surface area contributed by atoms with Gasteiger partial charge in [0.2, 0.25) is 5.91 Å². The number of hydrogen-bond donors (Lipinski definition) is 2. The Morgan fingerprint density at radius 3 is 1.62 bits per heavy atom. The molecule has 1 atom stereocenters. The highest BCUT2D eigenvalue weighted by molar-refractivity contribution is 5.78. The normalized spacial score (nSPS) is 12.5. The van der Waals surface area contributed by atoms with Crippen LogP contribution in [0.3, 0.4) is 0 Å². The molecule has 0 aromatic heterocycles. The van der Waals surface area contributed by atoms with E-state index in [4.69, 9.17) is 0 Å². The second-order valence-electron chi connectivity index (χ2n) is 7.40. The molecule has 144 valence electrons. The maximum atomic E-state index is 12.4. The molecule has 1 unspecified atom stereocenters. The van der Waals surface area contributed by atoms with E-state index in [2.05, 4.69) is 19.2 Å². The Labute approximate surface area is 151 Å². The third kappa shape index (κ3) is 15.0. The van der Waals surface area contributed by atoms with Gasteiger partial charge in [0.05, 0.1) is 6.10 Å². The van der Waals surface area contributed by atoms with Gasteiger partial charge in [-0.25, -0.2) is 0 Å². The van der Waals surface area contributed by atoms with Gasteiger partial charge in [0.25, 0.3) is 0 Å². The third-order valence-corrected chi connectivity index (χ3v) is 4.75. The molecule has 0 aliphatic heterocycles. The summed E-state index contributed by atoms with van der Waals surface area (Å²) in [6.07, 6.45) is 16.8. The molecule has 0 saturated carbocycles. The van der Waals surface area contributed by atoms with Crippen LogP contribution in [0.25, 0.3) is 0 Å². The fourth-order valence-electron chi connectivity index (χ4n) is 3.14. The molecule has 0 rings (SSSR count). The van der Waals surface area contributed by atoms with Crippen LogP contribution in [0.15, 0.2) is 0 Å². The first kappa shape index (κ1) is 23.4. The largest absolute Gasteiger partial charge is 0.392 e. The highest BCUT2D eigenvalue weighted by Gasteiger charge is 2.17. The van der Waals surface area contributed by atoms with E-state index in [0.29, 0.717) is 6.54 Å². The first-order valence-electron chi connectivity index (χ1n) is 10.6. The van der Waals surface area contributed by atoms with Crippen molar-refractivity contribution >= 4 is 5.91 Å². The second-order valence-corrected chi connectivity index (χ2v) is 7.40. The Balaban J connectivity index is 4.01. The third-order valence-electron chi connectivity index (χ3n) is 4.75. The molecule has 0 aromatic carbocycles. The van der Waals surface area contributed by atoms with E-state index in [1.165, 1.54) is 64.2 Å². The Bertz CT molecular complexity index is 263. The van der Waals surface area contributed by atoms with Crippen LogP contribution in [0.5, 0.6) is 0 Å². The summed E-state index contributed by atoms with van der Waals surface area (Å²) in [4.78, 5) is 12.4. The van der Waals surface area contributed by atoms with Gasteiger partial charge in [-0.05, 0) is 19.8 Å². The number of amides is 1. The van der Waals surface area contributed by atoms with Crippen molar-refractivity contribution in [3.63, 3.8) is 0 Å². The fraction of sp³-hybridized carbons (Fsp3) is 0.952. The molecule has 0 fully saturated rings. The average molecular weight is 342 g/mol. The van der Waals surface area contributed by atoms with Gasteiger partial charge in [-0.3, -0.25) is 4.79 Å². The predicted octanol–water partition coefficient (Wildman–Crippen LogP) is 5.60. The standard InChI is InChI=1S/C21H43NO2/c1-4-6-8-10-12-14-16-20(21(24)22-18-19(3)23)17-15-13-11-9-7-5-2/h19-20,23H,4-18H2,1-3H3,(H,22,24). The van der Waals surface area contributed by atoms with Crippen molar-refractivity contribution in [2.75, 3.05) is 6.54 Å². The van der Waals surface area contributed by atoms with E-state index in [1.807, 2.05) is 0 Å². The van der Waals surface area contributed by atoms with E-state index in [9.17, 15) is 9.90 Å². The smallest absolute Gasteiger partial charge is 0.223 e. The molecule has 0 aromatic rings. The molecule has 2 N–H and O–H groups in total. The van der Waals surface area contributed by atoms with Gasteiger partial charge in [0.1, 0.15) is 0 Å². The lowest BCUT2D eigenvalue weighted by Crippen LogP contribution is -2.35. The van der Waals surface area contributed by atoms with Crippen molar-refractivity contribution in [1.29, 1.82) is 0 Å². The number of unbranched alkanes of at least 4 members (excludes halogenated alkanes) is 10. The molecular weight excluding hydrogens is 298 g/mol. The van der Waals surface area contributed by atoms with E-state index in [-0.39, 0.29) is 11.8 Å². The van der Waals surface area contributed by atoms with E-state index < -0.39 is 6.10 Å². The van der Waals surface area contributed by atoms with Crippen LogP contribution < -0.4 is 5.32 Å². The summed E-state index contributed by atoms with van der Waals surface area (Å²) in [6.45, 7) is 6.57. The lowest BCUT2D eigenvalue weighted by molar-refractivity contribution is -0.126. The summed E-state index contributed by atoms with van der Waals surface area (Å²) in [5.74, 6) is 0.291. The molecule has 0 bridgehead atoms. The summed E-state index contributed by atoms with van der Waals surface area (Å²) in [6, 6.07) is 0. The Kier molecular flexibility index (Phi) is 16.8. The van der Waals surface area contributed by atoms with Gasteiger partial charge in [-0.15, -0.1) is 0 Å². The minimum atomic E-state index is -0.460. The predicted molar refractivity (Wildman–Crippen MR) is 104 cm³/mol. The van der Waals surface area contributed by atoms with Crippen molar-refractivity contribution in [2.24, 2.45) is 5.92 Å². The number of aliphatic hydroxyl groups is 1. The van der Waals surface area contributed by atoms with Crippen LogP contribution in [-0.2, 0) is 4.79 Å². The summed E-state index contributed by atoms with van der Waals surface area (Å²) in [7, 11) is 0. The van der Waals surface area contributed by atoms with Crippen LogP contribution in [0.4, 0.5) is 0 Å². The lowest BCUT2D eigenvalue weighted by Gasteiger charge is -2.17. The summed E-state index contributed by atoms with van der Waals surface area (Å²) in [5, 5.41) is 12.3. The first-order chi connectivity index (χ1) is 11.6. The van der Waals surface area contributed by atoms with Crippen molar-refractivity contribution in [3.05, 3.63) is 0 Å². The van der Waals surface area contributed by atoms with Gasteiger partial charge >= 0.3 is 0 Å². The number of carbonyl (C=O) groups is 1. The summed E-state index contributed by atoms with van der Waals surface area (Å²) < 4.78 is 0. The molecule has 24 heavy (non-hydrogen) atoms. The molecule has 0 heterocycles. The molecule has 0 aliphatic rings. The second kappa shape index (κ2) is 17.3. The van der Waals surface area contributed by atoms with Gasteiger partial charge in [-0.2, -0.15) is 0 Å². The van der Waals surface area contributed by atoms with E-state index in [1.54, 1.807) is 6.92 Å². The zero-order valence-corrected chi connectivity index (χ0v) is 16.6. The van der Waals surface area contributed by atoms with Crippen molar-refractivity contribution in [1.82, 2.24) is 5.32 Å². The average Bonchev–Trinajstić information content (AvgIpc) is 2.56. The highest BCUT2D eigenvalue weighted by atomic mass is 16.3. The molecule has 0 saturated heterocycles. The fourth-order valence-corrected chi connectivity index (χ4v) is 3.14. The van der Waals surface area contributed by atoms with Crippen molar-refractivity contribution in [2.45, 2.75) is 117 Å². The molecule has 3 heteroatoms. The van der Waals surface area contributed by atoms with Crippen LogP contribution >= 0.6 is 0 Å². The van der Waals surface area contributed by atoms with Crippen molar-refractivity contribution < 1.29 is 9.90 Å². The molecular formula is C21H43NO2. The van der Waals surface area contributed by atoms with Gasteiger partial charge in [0.15, 0.2) is 0 Å². The minimum Gasteiger partial charge on any atom is -0.392 e. The maximum Gasteiger partial charge on any atom is 0.223 e. The number of aliphatic hydroxyl groups excluding tert-OH is 1. The van der Waals surface area contributed by atoms with E-state index in [0.717, 1.165) is 25.7 Å². The quantitative estimate of drug-likeness (QED) is 0.338. The molecule has 0 aliphatic carbocycles. The topological polar surface area (TPSA) is 49.3 Å². The number of hydrogen-bond acceptors (Lipinski definition) is 2. The molecule has 0 spiro atoms. The molecule has 0 radical (unpaired) electrons. The minimum absolute atomic E-state index is 0.140. The van der Waals surface area contributed by atoms with Crippen LogP contribution in [0.2, 0.25) is 0 Å². The summed E-state index contributed by atoms with van der Waals surface area (Å²) >= 11 is 0. The molecule has 3 nitrogen and oxygen atoms in total. The zero-order chi connectivity index (χ0) is 18.0. The van der Waals surface area contributed by atoms with Gasteiger partial charge in [0, 0.05) is 12.5 Å². The Morgan fingerprint density at radius 1 is 0.792 bits per heavy atom. The maximum absolute atomic E-state index is 12.4. The zero-order valence-electron chi connectivity index (χ0n) is 16.6. The van der Waals surface area contributed by atoms with Gasteiger partial charge in [-0.1, -0.05) is 90.9 Å². The van der Waals surface area contributed by atoms with Gasteiger partial charge < -0.3 is 10.4 Å². The number of carbonyl (C=O) groups excluding carboxylic acids is 1. The van der Waals surface area contributed by atoms with Crippen molar-refractivity contribution in [3.8, 4) is 0 Å². The number of nitrogens with one attached hydrogen (secondary N) is 1. The molecule has 1 amide bonds. The number of rotatable bonds is 17. The monoisotopic (exact) mass is 341 g/mol. The summed E-state index contributed by atoms with van der Waals surface area (Å²) in [5.41, 5.74) is 0. The van der Waals surface area contributed by atoms with E-state index >= 15 is 0 Å². The Hall–Kier alpha value is -0.570. The Morgan fingerprint density at radius 2 is 1.21 bits per heavy atom. The SMILES string of the molecule is CCCCCCCCC(CCCCCCCC)C(=O)NCC(C)O. The highest BCUT2D eigenvalue weighted by Crippen LogP contribution is 2.19. The first-order valence-corrected chi connectivity index (χ1v) is 10.6. The van der Waals surface area contributed by atoms with Crippen LogP contribution in [-0.4, -0.2) is 23.7 Å². The van der Waals surface area contributed by atoms with Crippen LogP contribution in [0, 0.1) is 5.92 Å². The lowest BCUT2D eigenvalue weighted by atomic mass is 9.93.